The number of nitrogens with zero attached hydrogens (tertiary/aromatic N) is 1. The zero-order valence-electron chi connectivity index (χ0n) is 14.3. The number of terminal acetylenes is 1. The normalized spacial score (nSPS) is 15.1. The highest BCUT2D eigenvalue weighted by molar-refractivity contribution is 5.98. The second kappa shape index (κ2) is 7.88. The highest BCUT2D eigenvalue weighted by Gasteiger charge is 2.38. The lowest BCUT2D eigenvalue weighted by Crippen LogP contribution is -2.57. The van der Waals surface area contributed by atoms with Crippen LogP contribution in [-0.4, -0.2) is 56.9 Å². The molecular weight excluding hydrogens is 328 g/mol. The number of rotatable bonds is 7. The van der Waals surface area contributed by atoms with Crippen molar-refractivity contribution in [1.29, 1.82) is 0 Å². The van der Waals surface area contributed by atoms with Crippen molar-refractivity contribution >= 4 is 12.0 Å². The molecule has 1 heterocycles. The summed E-state index contributed by atoms with van der Waals surface area (Å²) in [7, 11) is 4.07. The van der Waals surface area contributed by atoms with Gasteiger partial charge in [-0.05, 0) is 17.7 Å². The van der Waals surface area contributed by atoms with Crippen molar-refractivity contribution in [2.75, 3.05) is 34.5 Å². The van der Waals surface area contributed by atoms with E-state index in [1.807, 2.05) is 6.07 Å². The summed E-state index contributed by atoms with van der Waals surface area (Å²) in [6.45, 7) is 0.230. The topological polar surface area (TPSA) is 86.3 Å². The van der Waals surface area contributed by atoms with Crippen LogP contribution in [0.2, 0.25) is 0 Å². The SMILES string of the molecule is C#C[C@](COOC)(CN1Cc2ccc(OC)cc2C1=O)NC(=O)OC. The first-order valence-corrected chi connectivity index (χ1v) is 7.44. The van der Waals surface area contributed by atoms with Crippen LogP contribution in [0, 0.1) is 12.3 Å². The molecule has 0 unspecified atom stereocenters. The molecule has 1 N–H and O–H groups in total. The largest absolute Gasteiger partial charge is 0.497 e. The summed E-state index contributed by atoms with van der Waals surface area (Å²) in [6, 6.07) is 5.28. The predicted molar refractivity (Wildman–Crippen MR) is 87.8 cm³/mol. The van der Waals surface area contributed by atoms with Crippen LogP contribution in [0.3, 0.4) is 0 Å². The molecule has 1 aromatic carbocycles. The van der Waals surface area contributed by atoms with Gasteiger partial charge < -0.3 is 19.7 Å². The van der Waals surface area contributed by atoms with Gasteiger partial charge in [0.05, 0.1) is 27.9 Å². The van der Waals surface area contributed by atoms with Crippen molar-refractivity contribution in [1.82, 2.24) is 10.2 Å². The zero-order chi connectivity index (χ0) is 18.4. The number of benzene rings is 1. The monoisotopic (exact) mass is 348 g/mol. The van der Waals surface area contributed by atoms with Crippen molar-refractivity contribution in [3.8, 4) is 18.1 Å². The molecule has 0 radical (unpaired) electrons. The molecule has 8 nitrogen and oxygen atoms in total. The number of ether oxygens (including phenoxy) is 2. The minimum atomic E-state index is -1.30. The summed E-state index contributed by atoms with van der Waals surface area (Å²) < 4.78 is 9.76. The van der Waals surface area contributed by atoms with Gasteiger partial charge in [0.25, 0.3) is 5.91 Å². The van der Waals surface area contributed by atoms with E-state index in [9.17, 15) is 9.59 Å². The summed E-state index contributed by atoms with van der Waals surface area (Å²) >= 11 is 0. The standard InChI is InChI=1S/C17H20N2O6/c1-5-17(11-25-24-4,18-16(21)23-3)10-19-9-12-6-7-13(22-2)8-14(12)15(19)20/h1,6-8H,9-11H2,2-4H3,(H,18,21)/t17-/m1/s1. The molecule has 2 amide bonds. The summed E-state index contributed by atoms with van der Waals surface area (Å²) in [5, 5.41) is 2.54. The van der Waals surface area contributed by atoms with Crippen LogP contribution in [0.25, 0.3) is 0 Å². The van der Waals surface area contributed by atoms with E-state index < -0.39 is 11.6 Å². The summed E-state index contributed by atoms with van der Waals surface area (Å²) in [4.78, 5) is 35.4. The molecule has 0 bridgehead atoms. The number of carbonyl (C=O) groups is 2. The van der Waals surface area contributed by atoms with Crippen LogP contribution in [0.4, 0.5) is 4.79 Å². The van der Waals surface area contributed by atoms with E-state index in [0.29, 0.717) is 17.9 Å². The number of carbonyl (C=O) groups excluding carboxylic acids is 2. The van der Waals surface area contributed by atoms with Gasteiger partial charge in [-0.1, -0.05) is 12.0 Å². The molecule has 1 aromatic rings. The molecule has 1 aliphatic rings. The smallest absolute Gasteiger partial charge is 0.408 e. The van der Waals surface area contributed by atoms with Crippen molar-refractivity contribution in [3.05, 3.63) is 29.3 Å². The van der Waals surface area contributed by atoms with E-state index in [2.05, 4.69) is 20.9 Å². The Hall–Kier alpha value is -2.76. The Kier molecular flexibility index (Phi) is 5.85. The van der Waals surface area contributed by atoms with E-state index >= 15 is 0 Å². The molecule has 0 saturated heterocycles. The lowest BCUT2D eigenvalue weighted by Gasteiger charge is -2.32. The molecule has 25 heavy (non-hydrogen) atoms. The van der Waals surface area contributed by atoms with Crippen LogP contribution in [0.1, 0.15) is 15.9 Å². The third-order valence-corrected chi connectivity index (χ3v) is 3.88. The van der Waals surface area contributed by atoms with Gasteiger partial charge in [-0.2, -0.15) is 0 Å². The van der Waals surface area contributed by atoms with E-state index in [4.69, 9.17) is 16.0 Å². The number of nitrogens with one attached hydrogen (secondary N) is 1. The van der Waals surface area contributed by atoms with Crippen LogP contribution >= 0.6 is 0 Å². The Morgan fingerprint density at radius 2 is 2.16 bits per heavy atom. The van der Waals surface area contributed by atoms with Gasteiger partial charge in [-0.3, -0.25) is 4.79 Å². The molecule has 1 atom stereocenters. The molecular formula is C17H20N2O6. The number of fused-ring (bicyclic) bond motifs is 1. The van der Waals surface area contributed by atoms with Crippen LogP contribution in [0.15, 0.2) is 18.2 Å². The van der Waals surface area contributed by atoms with Crippen LogP contribution < -0.4 is 10.1 Å². The third kappa shape index (κ3) is 4.02. The molecule has 0 saturated carbocycles. The quantitative estimate of drug-likeness (QED) is 0.449. The maximum Gasteiger partial charge on any atom is 0.408 e. The fourth-order valence-corrected chi connectivity index (χ4v) is 2.57. The molecule has 0 spiro atoms. The van der Waals surface area contributed by atoms with Crippen molar-refractivity contribution < 1.29 is 28.8 Å². The number of hydrogen-bond donors (Lipinski definition) is 1. The van der Waals surface area contributed by atoms with E-state index in [0.717, 1.165) is 5.56 Å². The Morgan fingerprint density at radius 1 is 1.40 bits per heavy atom. The number of hydrogen-bond acceptors (Lipinski definition) is 6. The minimum Gasteiger partial charge on any atom is -0.497 e. The van der Waals surface area contributed by atoms with E-state index in [1.165, 1.54) is 26.2 Å². The van der Waals surface area contributed by atoms with Gasteiger partial charge in [-0.25, -0.2) is 14.6 Å². The van der Waals surface area contributed by atoms with Gasteiger partial charge >= 0.3 is 6.09 Å². The first-order valence-electron chi connectivity index (χ1n) is 7.44. The van der Waals surface area contributed by atoms with E-state index in [1.54, 1.807) is 12.1 Å². The number of alkyl carbamates (subject to hydrolysis) is 1. The average molecular weight is 348 g/mol. The summed E-state index contributed by atoms with van der Waals surface area (Å²) in [5.41, 5.74) is 0.0868. The van der Waals surface area contributed by atoms with Crippen LogP contribution in [-0.2, 0) is 21.1 Å². The summed E-state index contributed by atoms with van der Waals surface area (Å²) in [6.07, 6.45) is 4.88. The lowest BCUT2D eigenvalue weighted by atomic mass is 10.0. The van der Waals surface area contributed by atoms with Crippen molar-refractivity contribution in [3.63, 3.8) is 0 Å². The van der Waals surface area contributed by atoms with Crippen molar-refractivity contribution in [2.45, 2.75) is 12.1 Å². The summed E-state index contributed by atoms with van der Waals surface area (Å²) in [5.74, 6) is 2.86. The number of amides is 2. The van der Waals surface area contributed by atoms with Gasteiger partial charge in [0.15, 0.2) is 0 Å². The van der Waals surface area contributed by atoms with Gasteiger partial charge in [0.1, 0.15) is 17.9 Å². The van der Waals surface area contributed by atoms with Gasteiger partial charge in [0.2, 0.25) is 0 Å². The Balaban J connectivity index is 2.23. The maximum atomic E-state index is 12.7. The second-order valence-corrected chi connectivity index (χ2v) is 5.46. The first kappa shape index (κ1) is 18.6. The second-order valence-electron chi connectivity index (χ2n) is 5.46. The minimum absolute atomic E-state index is 0.0256. The van der Waals surface area contributed by atoms with Crippen molar-refractivity contribution in [2.24, 2.45) is 0 Å². The molecule has 0 fully saturated rings. The first-order chi connectivity index (χ1) is 12.0. The average Bonchev–Trinajstić information content (AvgIpc) is 2.94. The molecule has 1 aliphatic heterocycles. The van der Waals surface area contributed by atoms with Gasteiger partial charge in [0, 0.05) is 12.1 Å². The highest BCUT2D eigenvalue weighted by atomic mass is 17.2. The molecule has 0 aliphatic carbocycles. The molecule has 134 valence electrons. The zero-order valence-corrected chi connectivity index (χ0v) is 14.3. The fraction of sp³-hybridized carbons (Fsp3) is 0.412. The molecule has 8 heteroatoms. The highest BCUT2D eigenvalue weighted by Crippen LogP contribution is 2.28. The Bertz CT molecular complexity index is 699. The Morgan fingerprint density at radius 3 is 2.76 bits per heavy atom. The predicted octanol–water partition coefficient (Wildman–Crippen LogP) is 0.957. The lowest BCUT2D eigenvalue weighted by molar-refractivity contribution is -0.280. The molecule has 0 aromatic heterocycles. The maximum absolute atomic E-state index is 12.7. The Labute approximate surface area is 145 Å². The van der Waals surface area contributed by atoms with Gasteiger partial charge in [-0.15, -0.1) is 6.42 Å². The fourth-order valence-electron chi connectivity index (χ4n) is 2.57. The van der Waals surface area contributed by atoms with E-state index in [-0.39, 0.29) is 19.1 Å². The third-order valence-electron chi connectivity index (χ3n) is 3.88. The van der Waals surface area contributed by atoms with Crippen LogP contribution in [0.5, 0.6) is 5.75 Å². The molecule has 2 rings (SSSR count). The number of methoxy groups -OCH3 is 2.